The second-order valence-corrected chi connectivity index (χ2v) is 8.12. The highest BCUT2D eigenvalue weighted by Gasteiger charge is 2.19. The first kappa shape index (κ1) is 13.4. The van der Waals surface area contributed by atoms with E-state index in [0.717, 1.165) is 32.1 Å². The number of hydrogen-bond donors (Lipinski definition) is 0. The molecule has 4 heteroatoms. The smallest absolute Gasteiger partial charge is 0.156 e. The predicted octanol–water partition coefficient (Wildman–Crippen LogP) is 2.43. The molecule has 92 valence electrons. The Balaban J connectivity index is 2.39. The molecular formula is C12H24N2OSi. The first-order valence-corrected chi connectivity index (χ1v) is 9.10. The van der Waals surface area contributed by atoms with E-state index in [0.29, 0.717) is 11.7 Å². The molecule has 0 aromatic rings. The van der Waals surface area contributed by atoms with Crippen LogP contribution in [0.15, 0.2) is 5.10 Å². The van der Waals surface area contributed by atoms with E-state index in [1.54, 1.807) is 6.92 Å². The second-order valence-electron chi connectivity index (χ2n) is 5.18. The largest absolute Gasteiger partial charge is 0.331 e. The zero-order valence-corrected chi connectivity index (χ0v) is 12.1. The van der Waals surface area contributed by atoms with Crippen molar-refractivity contribution in [3.8, 4) is 0 Å². The van der Waals surface area contributed by atoms with Crippen molar-refractivity contribution in [2.24, 2.45) is 11.0 Å². The molecule has 1 aliphatic carbocycles. The molecule has 0 bridgehead atoms. The first-order chi connectivity index (χ1) is 7.49. The summed E-state index contributed by atoms with van der Waals surface area (Å²) in [6.07, 6.45) is 5.23. The number of nitrogens with zero attached hydrogens (tertiary/aromatic N) is 2. The van der Waals surface area contributed by atoms with Gasteiger partial charge in [0.15, 0.2) is 8.96 Å². The van der Waals surface area contributed by atoms with Crippen LogP contribution in [0.1, 0.15) is 39.0 Å². The van der Waals surface area contributed by atoms with E-state index in [1.165, 1.54) is 5.71 Å². The first-order valence-electron chi connectivity index (χ1n) is 6.27. The Hall–Kier alpha value is -0.643. The van der Waals surface area contributed by atoms with Crippen molar-refractivity contribution in [3.63, 3.8) is 0 Å². The van der Waals surface area contributed by atoms with Gasteiger partial charge in [0.1, 0.15) is 5.78 Å². The number of rotatable bonds is 4. The molecule has 0 unspecified atom stereocenters. The average molecular weight is 240 g/mol. The van der Waals surface area contributed by atoms with Crippen LogP contribution >= 0.6 is 0 Å². The van der Waals surface area contributed by atoms with Gasteiger partial charge in [0.25, 0.3) is 0 Å². The Morgan fingerprint density at radius 1 is 1.44 bits per heavy atom. The molecule has 0 aliphatic heterocycles. The Morgan fingerprint density at radius 2 is 2.00 bits per heavy atom. The fourth-order valence-electron chi connectivity index (χ4n) is 2.06. The number of Topliss-reactive ketones (excluding diaryl/α,β-unsaturated/α-hetero) is 1. The van der Waals surface area contributed by atoms with Gasteiger partial charge in [-0.05, 0) is 38.5 Å². The molecule has 0 aromatic heterocycles. The SMILES string of the molecule is CC(=O)CC1CCC(=NN(C)[SiH](C)C)CC1. The molecule has 0 atom stereocenters. The van der Waals surface area contributed by atoms with E-state index in [1.807, 2.05) is 0 Å². The molecule has 0 heterocycles. The van der Waals surface area contributed by atoms with Crippen molar-refractivity contribution < 1.29 is 4.79 Å². The summed E-state index contributed by atoms with van der Waals surface area (Å²) in [4.78, 5) is 11.0. The molecular weight excluding hydrogens is 216 g/mol. The van der Waals surface area contributed by atoms with E-state index in [9.17, 15) is 4.79 Å². The zero-order valence-electron chi connectivity index (χ0n) is 11.0. The molecule has 0 saturated heterocycles. The lowest BCUT2D eigenvalue weighted by Crippen LogP contribution is -2.27. The maximum Gasteiger partial charge on any atom is 0.156 e. The number of carbonyl (C=O) groups is 1. The third kappa shape index (κ3) is 4.47. The lowest BCUT2D eigenvalue weighted by molar-refractivity contribution is -0.118. The van der Waals surface area contributed by atoms with Crippen LogP contribution in [0, 0.1) is 5.92 Å². The minimum atomic E-state index is -0.783. The van der Waals surface area contributed by atoms with Crippen LogP contribution in [-0.4, -0.2) is 32.2 Å². The molecule has 3 nitrogen and oxygen atoms in total. The van der Waals surface area contributed by atoms with E-state index in [4.69, 9.17) is 0 Å². The number of carbonyl (C=O) groups excluding carboxylic acids is 1. The summed E-state index contributed by atoms with van der Waals surface area (Å²) in [6.45, 7) is 6.26. The average Bonchev–Trinajstić information content (AvgIpc) is 2.20. The Labute approximate surface area is 101 Å². The quantitative estimate of drug-likeness (QED) is 0.558. The molecule has 0 spiro atoms. The van der Waals surface area contributed by atoms with E-state index >= 15 is 0 Å². The fourth-order valence-corrected chi connectivity index (χ4v) is 2.45. The van der Waals surface area contributed by atoms with Gasteiger partial charge in [-0.2, -0.15) is 5.10 Å². The normalized spacial score (nSPS) is 21.1. The lowest BCUT2D eigenvalue weighted by Gasteiger charge is -2.25. The molecule has 1 saturated carbocycles. The summed E-state index contributed by atoms with van der Waals surface area (Å²) in [5, 5.41) is 4.68. The van der Waals surface area contributed by atoms with Crippen LogP contribution in [-0.2, 0) is 4.79 Å². The highest BCUT2D eigenvalue weighted by Crippen LogP contribution is 2.25. The Kier molecular flexibility index (Phi) is 5.18. The summed E-state index contributed by atoms with van der Waals surface area (Å²) in [5.74, 6) is 0.940. The van der Waals surface area contributed by atoms with Gasteiger partial charge in [-0.1, -0.05) is 13.1 Å². The molecule has 1 rings (SSSR count). The van der Waals surface area contributed by atoms with Gasteiger partial charge in [-0.3, -0.25) is 0 Å². The maximum atomic E-state index is 11.0. The van der Waals surface area contributed by atoms with Crippen molar-refractivity contribution in [1.82, 2.24) is 4.67 Å². The molecule has 1 fully saturated rings. The third-order valence-electron chi connectivity index (χ3n) is 3.30. The third-order valence-corrected chi connectivity index (χ3v) is 4.92. The minimum absolute atomic E-state index is 0.331. The van der Waals surface area contributed by atoms with E-state index in [-0.39, 0.29) is 0 Å². The molecule has 0 aromatic carbocycles. The molecule has 0 N–H and O–H groups in total. The van der Waals surface area contributed by atoms with Crippen molar-refractivity contribution in [2.75, 3.05) is 7.05 Å². The molecule has 0 amide bonds. The van der Waals surface area contributed by atoms with Crippen LogP contribution in [0.4, 0.5) is 0 Å². The molecule has 16 heavy (non-hydrogen) atoms. The van der Waals surface area contributed by atoms with Gasteiger partial charge in [0.2, 0.25) is 0 Å². The van der Waals surface area contributed by atoms with Gasteiger partial charge < -0.3 is 9.47 Å². The number of hydrazone groups is 1. The topological polar surface area (TPSA) is 32.7 Å². The van der Waals surface area contributed by atoms with Crippen molar-refractivity contribution >= 4 is 20.5 Å². The summed E-state index contributed by atoms with van der Waals surface area (Å²) in [5.41, 5.74) is 1.34. The maximum absolute atomic E-state index is 11.0. The number of hydrogen-bond acceptors (Lipinski definition) is 3. The highest BCUT2D eigenvalue weighted by molar-refractivity contribution is 6.52. The summed E-state index contributed by atoms with van der Waals surface area (Å²) < 4.78 is 2.17. The van der Waals surface area contributed by atoms with Gasteiger partial charge in [0, 0.05) is 19.2 Å². The lowest BCUT2D eigenvalue weighted by atomic mass is 9.85. The van der Waals surface area contributed by atoms with Crippen molar-refractivity contribution in [2.45, 2.75) is 52.1 Å². The summed E-state index contributed by atoms with van der Waals surface area (Å²) in [7, 11) is 1.31. The highest BCUT2D eigenvalue weighted by atomic mass is 28.3. The van der Waals surface area contributed by atoms with Crippen LogP contribution in [0.25, 0.3) is 0 Å². The summed E-state index contributed by atoms with van der Waals surface area (Å²) >= 11 is 0. The van der Waals surface area contributed by atoms with Crippen LogP contribution < -0.4 is 0 Å². The van der Waals surface area contributed by atoms with Crippen LogP contribution in [0.5, 0.6) is 0 Å². The standard InChI is InChI=1S/C12H24N2OSi/c1-10(15)9-11-5-7-12(8-6-11)13-14(2)16(3)4/h11,16H,5-9H2,1-4H3. The van der Waals surface area contributed by atoms with Crippen LogP contribution in [0.2, 0.25) is 13.1 Å². The fraction of sp³-hybridized carbons (Fsp3) is 0.833. The van der Waals surface area contributed by atoms with Gasteiger partial charge in [-0.15, -0.1) is 0 Å². The van der Waals surface area contributed by atoms with Gasteiger partial charge in [0.05, 0.1) is 0 Å². The zero-order chi connectivity index (χ0) is 12.1. The van der Waals surface area contributed by atoms with E-state index < -0.39 is 8.96 Å². The molecule has 0 radical (unpaired) electrons. The summed E-state index contributed by atoms with van der Waals surface area (Å²) in [6, 6.07) is 0. The molecule has 1 aliphatic rings. The minimum Gasteiger partial charge on any atom is -0.331 e. The monoisotopic (exact) mass is 240 g/mol. The van der Waals surface area contributed by atoms with Crippen molar-refractivity contribution in [1.29, 1.82) is 0 Å². The van der Waals surface area contributed by atoms with Crippen LogP contribution in [0.3, 0.4) is 0 Å². The van der Waals surface area contributed by atoms with Gasteiger partial charge in [-0.25, -0.2) is 0 Å². The second kappa shape index (κ2) is 6.18. The van der Waals surface area contributed by atoms with Crippen molar-refractivity contribution in [3.05, 3.63) is 0 Å². The number of ketones is 1. The Morgan fingerprint density at radius 3 is 2.44 bits per heavy atom. The Bertz CT molecular complexity index is 266. The van der Waals surface area contributed by atoms with Gasteiger partial charge >= 0.3 is 0 Å². The predicted molar refractivity (Wildman–Crippen MR) is 71.3 cm³/mol. The van der Waals surface area contributed by atoms with E-state index in [2.05, 4.69) is 29.9 Å².